The number of hydrogen-bond acceptors (Lipinski definition) is 5. The van der Waals surface area contributed by atoms with Gasteiger partial charge in [-0.3, -0.25) is 4.79 Å². The molecule has 1 fully saturated rings. The summed E-state index contributed by atoms with van der Waals surface area (Å²) < 4.78 is 27.5. The second kappa shape index (κ2) is 6.48. The monoisotopic (exact) mass is 325 g/mol. The second-order valence-corrected chi connectivity index (χ2v) is 7.59. The van der Waals surface area contributed by atoms with Crippen molar-refractivity contribution in [3.63, 3.8) is 0 Å². The van der Waals surface area contributed by atoms with Crippen molar-refractivity contribution in [1.29, 1.82) is 0 Å². The van der Waals surface area contributed by atoms with Crippen LogP contribution in [-0.4, -0.2) is 51.1 Å². The van der Waals surface area contributed by atoms with Crippen LogP contribution < -0.4 is 0 Å². The number of likely N-dealkylation sites (tertiary alicyclic amines) is 1. The van der Waals surface area contributed by atoms with Crippen LogP contribution in [0.3, 0.4) is 0 Å². The molecule has 1 aromatic carbocycles. The summed E-state index contributed by atoms with van der Waals surface area (Å²) in [6.45, 7) is 0.495. The van der Waals surface area contributed by atoms with Crippen molar-refractivity contribution in [3.05, 3.63) is 35.4 Å². The maximum Gasteiger partial charge on any atom is 0.328 e. The van der Waals surface area contributed by atoms with E-state index < -0.39 is 21.8 Å². The van der Waals surface area contributed by atoms with E-state index >= 15 is 0 Å². The number of sulfone groups is 1. The molecule has 2 rings (SSSR count). The van der Waals surface area contributed by atoms with E-state index in [1.807, 2.05) is 0 Å². The van der Waals surface area contributed by atoms with E-state index in [1.54, 1.807) is 24.3 Å². The first-order valence-electron chi connectivity index (χ1n) is 6.97. The van der Waals surface area contributed by atoms with Crippen molar-refractivity contribution in [2.24, 2.45) is 0 Å². The summed E-state index contributed by atoms with van der Waals surface area (Å²) in [5, 5.41) is 0. The summed E-state index contributed by atoms with van der Waals surface area (Å²) in [7, 11) is -1.86. The molecule has 0 aliphatic carbocycles. The zero-order chi connectivity index (χ0) is 16.3. The zero-order valence-electron chi connectivity index (χ0n) is 12.6. The molecule has 7 heteroatoms. The Bertz CT molecular complexity index is 683. The van der Waals surface area contributed by atoms with Crippen molar-refractivity contribution in [2.45, 2.75) is 24.6 Å². The molecule has 0 radical (unpaired) electrons. The van der Waals surface area contributed by atoms with Gasteiger partial charge >= 0.3 is 5.97 Å². The molecule has 1 aliphatic heterocycles. The number of hydrogen-bond donors (Lipinski definition) is 0. The first-order chi connectivity index (χ1) is 10.3. The molecular weight excluding hydrogens is 306 g/mol. The number of carbonyl (C=O) groups is 2. The number of esters is 1. The van der Waals surface area contributed by atoms with E-state index in [9.17, 15) is 18.0 Å². The lowest BCUT2D eigenvalue weighted by Crippen LogP contribution is -2.41. The molecule has 1 aromatic rings. The van der Waals surface area contributed by atoms with Gasteiger partial charge in [-0.25, -0.2) is 13.2 Å². The van der Waals surface area contributed by atoms with Gasteiger partial charge in [-0.1, -0.05) is 12.1 Å². The van der Waals surface area contributed by atoms with Gasteiger partial charge in [0.2, 0.25) is 0 Å². The molecule has 0 spiro atoms. The number of nitrogens with zero attached hydrogens (tertiary/aromatic N) is 1. The highest BCUT2D eigenvalue weighted by molar-refractivity contribution is 7.89. The van der Waals surface area contributed by atoms with Gasteiger partial charge in [0.1, 0.15) is 6.04 Å². The van der Waals surface area contributed by atoms with Crippen LogP contribution in [0, 0.1) is 0 Å². The Morgan fingerprint density at radius 1 is 1.36 bits per heavy atom. The summed E-state index contributed by atoms with van der Waals surface area (Å²) in [5.41, 5.74) is 0.944. The summed E-state index contributed by atoms with van der Waals surface area (Å²) >= 11 is 0. The fraction of sp³-hybridized carbons (Fsp3) is 0.467. The first kappa shape index (κ1) is 16.5. The standard InChI is InChI=1S/C15H19NO5S/c1-21-15(18)13-7-4-8-16(13)14(17)12-6-3-5-11(9-12)10-22(2,19)20/h3,5-6,9,13H,4,7-8,10H2,1-2H3. The summed E-state index contributed by atoms with van der Waals surface area (Å²) in [4.78, 5) is 25.8. The van der Waals surface area contributed by atoms with Crippen molar-refractivity contribution in [3.8, 4) is 0 Å². The first-order valence-corrected chi connectivity index (χ1v) is 9.03. The molecular formula is C15H19NO5S. The van der Waals surface area contributed by atoms with Gasteiger partial charge in [0.15, 0.2) is 9.84 Å². The summed E-state index contributed by atoms with van der Waals surface area (Å²) in [6.07, 6.45) is 2.48. The van der Waals surface area contributed by atoms with E-state index in [0.717, 1.165) is 12.7 Å². The third kappa shape index (κ3) is 3.85. The molecule has 1 heterocycles. The molecule has 0 aromatic heterocycles. The maximum absolute atomic E-state index is 12.6. The van der Waals surface area contributed by atoms with Crippen LogP contribution in [0.15, 0.2) is 24.3 Å². The average molecular weight is 325 g/mol. The Labute approximate surface area is 130 Å². The number of ether oxygens (including phenoxy) is 1. The Morgan fingerprint density at radius 3 is 2.73 bits per heavy atom. The molecule has 120 valence electrons. The topological polar surface area (TPSA) is 80.8 Å². The number of benzene rings is 1. The van der Waals surface area contributed by atoms with Crippen LogP contribution in [-0.2, 0) is 25.1 Å². The summed E-state index contributed by atoms with van der Waals surface area (Å²) in [5.74, 6) is -0.810. The predicted molar refractivity (Wildman–Crippen MR) is 81.1 cm³/mol. The molecule has 6 nitrogen and oxygen atoms in total. The van der Waals surface area contributed by atoms with Crippen LogP contribution in [0.2, 0.25) is 0 Å². The quantitative estimate of drug-likeness (QED) is 0.772. The van der Waals surface area contributed by atoms with Gasteiger partial charge in [0, 0.05) is 18.4 Å². The highest BCUT2D eigenvalue weighted by Crippen LogP contribution is 2.21. The van der Waals surface area contributed by atoms with Gasteiger partial charge in [-0.05, 0) is 30.5 Å². The number of rotatable bonds is 4. The zero-order valence-corrected chi connectivity index (χ0v) is 13.4. The molecule has 1 unspecified atom stereocenters. The fourth-order valence-corrected chi connectivity index (χ4v) is 3.44. The molecule has 0 N–H and O–H groups in total. The highest BCUT2D eigenvalue weighted by atomic mass is 32.2. The van der Waals surface area contributed by atoms with Crippen LogP contribution >= 0.6 is 0 Å². The lowest BCUT2D eigenvalue weighted by molar-refractivity contribution is -0.145. The molecule has 1 saturated heterocycles. The van der Waals surface area contributed by atoms with Gasteiger partial charge in [0.05, 0.1) is 12.9 Å². The molecule has 1 aliphatic rings. The predicted octanol–water partition coefficient (Wildman–Crippen LogP) is 1.01. The Balaban J connectivity index is 2.22. The normalized spacial score (nSPS) is 18.3. The number of methoxy groups -OCH3 is 1. The minimum atomic E-state index is -3.17. The van der Waals surface area contributed by atoms with Gasteiger partial charge < -0.3 is 9.64 Å². The average Bonchev–Trinajstić information content (AvgIpc) is 2.93. The second-order valence-electron chi connectivity index (χ2n) is 5.45. The summed E-state index contributed by atoms with van der Waals surface area (Å²) in [6, 6.07) is 5.95. The SMILES string of the molecule is COC(=O)C1CCCN1C(=O)c1cccc(CS(C)(=O)=O)c1. The van der Waals surface area contributed by atoms with E-state index in [0.29, 0.717) is 24.1 Å². The fourth-order valence-electron chi connectivity index (χ4n) is 2.65. The van der Waals surface area contributed by atoms with Gasteiger partial charge in [0.25, 0.3) is 5.91 Å². The Hall–Kier alpha value is -1.89. The third-order valence-electron chi connectivity index (χ3n) is 3.59. The minimum absolute atomic E-state index is 0.117. The lowest BCUT2D eigenvalue weighted by atomic mass is 10.1. The minimum Gasteiger partial charge on any atom is -0.467 e. The Morgan fingerprint density at radius 2 is 2.09 bits per heavy atom. The van der Waals surface area contributed by atoms with Crippen LogP contribution in [0.5, 0.6) is 0 Å². The van der Waals surface area contributed by atoms with Crippen molar-refractivity contribution >= 4 is 21.7 Å². The van der Waals surface area contributed by atoms with Crippen molar-refractivity contribution in [1.82, 2.24) is 4.90 Å². The maximum atomic E-state index is 12.6. The van der Waals surface area contributed by atoms with Crippen molar-refractivity contribution in [2.75, 3.05) is 19.9 Å². The van der Waals surface area contributed by atoms with E-state index in [2.05, 4.69) is 0 Å². The van der Waals surface area contributed by atoms with Crippen LogP contribution in [0.25, 0.3) is 0 Å². The lowest BCUT2D eigenvalue weighted by Gasteiger charge is -2.22. The molecule has 22 heavy (non-hydrogen) atoms. The molecule has 0 saturated carbocycles. The van der Waals surface area contributed by atoms with E-state index in [1.165, 1.54) is 12.0 Å². The molecule has 0 bridgehead atoms. The highest BCUT2D eigenvalue weighted by Gasteiger charge is 2.35. The van der Waals surface area contributed by atoms with E-state index in [-0.39, 0.29) is 11.7 Å². The van der Waals surface area contributed by atoms with Gasteiger partial charge in [-0.2, -0.15) is 0 Å². The van der Waals surface area contributed by atoms with Crippen molar-refractivity contribution < 1.29 is 22.7 Å². The Kier molecular flexibility index (Phi) is 4.85. The molecule has 1 amide bonds. The smallest absolute Gasteiger partial charge is 0.328 e. The van der Waals surface area contributed by atoms with Crippen LogP contribution in [0.1, 0.15) is 28.8 Å². The third-order valence-corrected chi connectivity index (χ3v) is 4.45. The van der Waals surface area contributed by atoms with E-state index in [4.69, 9.17) is 4.74 Å². The van der Waals surface area contributed by atoms with Crippen LogP contribution in [0.4, 0.5) is 0 Å². The number of amides is 1. The molecule has 1 atom stereocenters. The van der Waals surface area contributed by atoms with Gasteiger partial charge in [-0.15, -0.1) is 0 Å². The number of carbonyl (C=O) groups excluding carboxylic acids is 2. The largest absolute Gasteiger partial charge is 0.467 e.